The minimum Gasteiger partial charge on any atom is -0.489 e. The highest BCUT2D eigenvalue weighted by atomic mass is 16.5. The van der Waals surface area contributed by atoms with Crippen LogP contribution >= 0.6 is 0 Å². The summed E-state index contributed by atoms with van der Waals surface area (Å²) in [5, 5.41) is 7.66. The van der Waals surface area contributed by atoms with Crippen molar-refractivity contribution in [2.24, 2.45) is 5.10 Å². The van der Waals surface area contributed by atoms with Gasteiger partial charge in [0.05, 0.1) is 17.2 Å². The second-order valence-corrected chi connectivity index (χ2v) is 9.24. The monoisotopic (exact) mass is 511 g/mol. The van der Waals surface area contributed by atoms with Crippen molar-refractivity contribution < 1.29 is 9.53 Å². The molecular weight excluding hydrogens is 486 g/mol. The lowest BCUT2D eigenvalue weighted by molar-refractivity contribution is -0.121. The number of rotatable bonds is 7. The Morgan fingerprint density at radius 1 is 0.744 bits per heavy atom. The zero-order valence-electron chi connectivity index (χ0n) is 21.1. The van der Waals surface area contributed by atoms with Crippen LogP contribution in [0.15, 0.2) is 125 Å². The van der Waals surface area contributed by atoms with Gasteiger partial charge in [-0.2, -0.15) is 5.10 Å². The SMILES string of the molecule is O=C(Cn1c2ccccc2c(=O)c2ccccc21)N/N=C/c1ccc(OCc2cccc3ccccc23)cc1. The first-order chi connectivity index (χ1) is 19.2. The summed E-state index contributed by atoms with van der Waals surface area (Å²) < 4.78 is 7.85. The zero-order valence-corrected chi connectivity index (χ0v) is 21.1. The first kappa shape index (κ1) is 24.1. The van der Waals surface area contributed by atoms with Gasteiger partial charge in [-0.25, -0.2) is 5.43 Å². The number of carbonyl (C=O) groups is 1. The van der Waals surface area contributed by atoms with Crippen LogP contribution in [0.1, 0.15) is 11.1 Å². The minimum absolute atomic E-state index is 0.0274. The largest absolute Gasteiger partial charge is 0.489 e. The summed E-state index contributed by atoms with van der Waals surface area (Å²) in [4.78, 5) is 25.7. The summed E-state index contributed by atoms with van der Waals surface area (Å²) in [6, 6.07) is 36.6. The Balaban J connectivity index is 1.12. The molecule has 6 heteroatoms. The van der Waals surface area contributed by atoms with Crippen molar-refractivity contribution in [1.29, 1.82) is 0 Å². The van der Waals surface area contributed by atoms with Gasteiger partial charge in [0, 0.05) is 10.8 Å². The van der Waals surface area contributed by atoms with E-state index < -0.39 is 0 Å². The Morgan fingerprint density at radius 2 is 1.36 bits per heavy atom. The number of nitrogens with zero attached hydrogens (tertiary/aromatic N) is 2. The van der Waals surface area contributed by atoms with Crippen molar-refractivity contribution in [2.45, 2.75) is 13.2 Å². The van der Waals surface area contributed by atoms with Gasteiger partial charge in [0.1, 0.15) is 18.9 Å². The van der Waals surface area contributed by atoms with Gasteiger partial charge in [0.15, 0.2) is 5.43 Å². The van der Waals surface area contributed by atoms with E-state index in [9.17, 15) is 9.59 Å². The fraction of sp³-hybridized carbons (Fsp3) is 0.0606. The summed E-state index contributed by atoms with van der Waals surface area (Å²) in [6.07, 6.45) is 1.59. The van der Waals surface area contributed by atoms with E-state index in [0.29, 0.717) is 28.4 Å². The minimum atomic E-state index is -0.291. The number of hydrogen-bond donors (Lipinski definition) is 1. The Kier molecular flexibility index (Phi) is 6.58. The maximum atomic E-state index is 12.9. The lowest BCUT2D eigenvalue weighted by Crippen LogP contribution is -2.25. The maximum Gasteiger partial charge on any atom is 0.260 e. The Bertz CT molecular complexity index is 1840. The first-order valence-corrected chi connectivity index (χ1v) is 12.7. The normalized spacial score (nSPS) is 11.4. The molecule has 1 heterocycles. The van der Waals surface area contributed by atoms with Gasteiger partial charge in [0.2, 0.25) is 0 Å². The number of hydrazone groups is 1. The van der Waals surface area contributed by atoms with E-state index in [2.05, 4.69) is 34.8 Å². The van der Waals surface area contributed by atoms with E-state index in [1.165, 1.54) is 10.8 Å². The van der Waals surface area contributed by atoms with Crippen molar-refractivity contribution in [3.05, 3.63) is 137 Å². The highest BCUT2D eigenvalue weighted by Crippen LogP contribution is 2.21. The van der Waals surface area contributed by atoms with Gasteiger partial charge in [-0.05, 0) is 70.4 Å². The molecule has 5 aromatic carbocycles. The molecule has 0 saturated heterocycles. The Labute approximate surface area is 224 Å². The van der Waals surface area contributed by atoms with Gasteiger partial charge >= 0.3 is 0 Å². The molecule has 0 bridgehead atoms. The van der Waals surface area contributed by atoms with Crippen molar-refractivity contribution in [3.8, 4) is 5.75 Å². The van der Waals surface area contributed by atoms with Gasteiger partial charge in [0.25, 0.3) is 5.91 Å². The van der Waals surface area contributed by atoms with Crippen LogP contribution in [0.5, 0.6) is 5.75 Å². The molecule has 39 heavy (non-hydrogen) atoms. The molecule has 0 aliphatic rings. The van der Waals surface area contributed by atoms with Gasteiger partial charge in [-0.1, -0.05) is 66.7 Å². The number of nitrogens with one attached hydrogen (secondary N) is 1. The standard InChI is InChI=1S/C33H25N3O3/c37-32(21-36-30-14-5-3-12-28(30)33(38)29-13-4-6-15-31(29)36)35-34-20-23-16-18-26(19-17-23)39-22-25-10-7-9-24-8-1-2-11-27(24)25/h1-20H,21-22H2,(H,35,37)/b34-20+. The average Bonchev–Trinajstić information content (AvgIpc) is 2.99. The molecular formula is C33H25N3O3. The molecule has 1 N–H and O–H groups in total. The molecule has 0 radical (unpaired) electrons. The van der Waals surface area contributed by atoms with Gasteiger partial charge < -0.3 is 9.30 Å². The summed E-state index contributed by atoms with van der Waals surface area (Å²) in [6.45, 7) is 0.499. The Hall–Kier alpha value is -5.23. The van der Waals surface area contributed by atoms with Crippen LogP contribution < -0.4 is 15.6 Å². The molecule has 1 amide bonds. The van der Waals surface area contributed by atoms with E-state index in [4.69, 9.17) is 4.74 Å². The van der Waals surface area contributed by atoms with E-state index in [1.807, 2.05) is 83.4 Å². The fourth-order valence-electron chi connectivity index (χ4n) is 4.83. The summed E-state index contributed by atoms with van der Waals surface area (Å²) in [5.41, 5.74) is 5.93. The van der Waals surface area contributed by atoms with E-state index >= 15 is 0 Å². The number of ether oxygens (including phenoxy) is 1. The highest BCUT2D eigenvalue weighted by molar-refractivity contribution is 5.95. The van der Waals surface area contributed by atoms with E-state index in [0.717, 1.165) is 16.9 Å². The number of hydrogen-bond acceptors (Lipinski definition) is 4. The lowest BCUT2D eigenvalue weighted by atomic mass is 10.1. The molecule has 0 spiro atoms. The van der Waals surface area contributed by atoms with Crippen molar-refractivity contribution in [2.75, 3.05) is 0 Å². The molecule has 0 aliphatic carbocycles. The summed E-state index contributed by atoms with van der Waals surface area (Å²) in [5.74, 6) is 0.460. The maximum absolute atomic E-state index is 12.9. The topological polar surface area (TPSA) is 72.7 Å². The van der Waals surface area contributed by atoms with Crippen molar-refractivity contribution in [3.63, 3.8) is 0 Å². The highest BCUT2D eigenvalue weighted by Gasteiger charge is 2.12. The number of fused-ring (bicyclic) bond motifs is 3. The van der Waals surface area contributed by atoms with Crippen LogP contribution in [0.3, 0.4) is 0 Å². The average molecular weight is 512 g/mol. The van der Waals surface area contributed by atoms with Crippen LogP contribution in [0.25, 0.3) is 32.6 Å². The molecule has 1 aromatic heterocycles. The van der Waals surface area contributed by atoms with Crippen molar-refractivity contribution in [1.82, 2.24) is 9.99 Å². The number of pyridine rings is 1. The molecule has 6 rings (SSSR count). The van der Waals surface area contributed by atoms with Gasteiger partial charge in [-0.3, -0.25) is 9.59 Å². The molecule has 0 unspecified atom stereocenters. The second-order valence-electron chi connectivity index (χ2n) is 9.24. The van der Waals surface area contributed by atoms with Crippen LogP contribution in [0, 0.1) is 0 Å². The lowest BCUT2D eigenvalue weighted by Gasteiger charge is -2.14. The smallest absolute Gasteiger partial charge is 0.260 e. The Morgan fingerprint density at radius 3 is 2.08 bits per heavy atom. The summed E-state index contributed by atoms with van der Waals surface area (Å²) >= 11 is 0. The van der Waals surface area contributed by atoms with Crippen LogP contribution in [-0.4, -0.2) is 16.7 Å². The fourth-order valence-corrected chi connectivity index (χ4v) is 4.83. The third-order valence-corrected chi connectivity index (χ3v) is 6.74. The summed E-state index contributed by atoms with van der Waals surface area (Å²) in [7, 11) is 0. The number of amides is 1. The number of para-hydroxylation sites is 2. The predicted octanol–water partition coefficient (Wildman–Crippen LogP) is 6.04. The zero-order chi connectivity index (χ0) is 26.6. The molecule has 6 nitrogen and oxygen atoms in total. The molecule has 0 aliphatic heterocycles. The number of carbonyl (C=O) groups excluding carboxylic acids is 1. The molecule has 190 valence electrons. The van der Waals surface area contributed by atoms with Crippen molar-refractivity contribution >= 4 is 44.7 Å². The van der Waals surface area contributed by atoms with Crippen LogP contribution in [0.4, 0.5) is 0 Å². The second kappa shape index (κ2) is 10.6. The number of benzene rings is 5. The molecule has 0 saturated carbocycles. The van der Waals surface area contributed by atoms with Crippen LogP contribution in [0.2, 0.25) is 0 Å². The van der Waals surface area contributed by atoms with E-state index in [1.54, 1.807) is 18.3 Å². The molecule has 0 fully saturated rings. The third-order valence-electron chi connectivity index (χ3n) is 6.74. The molecule has 0 atom stereocenters. The first-order valence-electron chi connectivity index (χ1n) is 12.7. The quantitative estimate of drug-likeness (QED) is 0.161. The third kappa shape index (κ3) is 5.00. The number of aromatic nitrogens is 1. The predicted molar refractivity (Wildman–Crippen MR) is 156 cm³/mol. The molecule has 6 aromatic rings. The van der Waals surface area contributed by atoms with E-state index in [-0.39, 0.29) is 17.9 Å². The van der Waals surface area contributed by atoms with Gasteiger partial charge in [-0.15, -0.1) is 0 Å². The van der Waals surface area contributed by atoms with Crippen LogP contribution in [-0.2, 0) is 17.9 Å².